The number of hydrogen-bond acceptors (Lipinski definition) is 3. The Morgan fingerprint density at radius 2 is 1.88 bits per heavy atom. The molecule has 1 aliphatic heterocycles. The summed E-state index contributed by atoms with van der Waals surface area (Å²) in [6.07, 6.45) is 3.27. The second-order valence-corrected chi connectivity index (χ2v) is 5.71. The Bertz CT molecular complexity index is 928. The third-order valence-corrected chi connectivity index (χ3v) is 4.05. The molecule has 1 aliphatic rings. The molecule has 0 bridgehead atoms. The first-order valence-electron chi connectivity index (χ1n) is 7.52. The highest BCUT2D eigenvalue weighted by Crippen LogP contribution is 2.33. The molecule has 6 heteroatoms. The molecule has 24 heavy (non-hydrogen) atoms. The fourth-order valence-corrected chi connectivity index (χ4v) is 2.80. The molecule has 2 heterocycles. The smallest absolute Gasteiger partial charge is 0.226 e. The van der Waals surface area contributed by atoms with Crippen LogP contribution in [0, 0.1) is 18.6 Å². The topological polar surface area (TPSA) is 42.7 Å². The van der Waals surface area contributed by atoms with Gasteiger partial charge in [0.15, 0.2) is 0 Å². The Labute approximate surface area is 137 Å². The number of aryl methyl sites for hydroxylation is 1. The molecule has 0 aliphatic carbocycles. The standard InChI is InChI=1S/C18H14F2N4/c1-11-2-4-12(5-3-11)16-9-17(24-18(23-16)21-10-22-24)14-7-6-13(19)8-15(14)20/h2-10,17H,1H3,(H,21,22,23). The molecule has 4 nitrogen and oxygen atoms in total. The van der Waals surface area contributed by atoms with Gasteiger partial charge in [-0.2, -0.15) is 10.1 Å². The lowest BCUT2D eigenvalue weighted by Crippen LogP contribution is -2.21. The predicted molar refractivity (Wildman–Crippen MR) is 87.3 cm³/mol. The summed E-state index contributed by atoms with van der Waals surface area (Å²) in [4.78, 5) is 4.18. The van der Waals surface area contributed by atoms with Crippen LogP contribution in [0.1, 0.15) is 22.7 Å². The largest absolute Gasteiger partial charge is 0.324 e. The number of allylic oxidation sites excluding steroid dienone is 1. The summed E-state index contributed by atoms with van der Waals surface area (Å²) in [7, 11) is 0. The van der Waals surface area contributed by atoms with Crippen molar-refractivity contribution in [1.29, 1.82) is 0 Å². The monoisotopic (exact) mass is 324 g/mol. The van der Waals surface area contributed by atoms with Gasteiger partial charge in [-0.15, -0.1) is 0 Å². The highest BCUT2D eigenvalue weighted by molar-refractivity contribution is 5.77. The van der Waals surface area contributed by atoms with Crippen molar-refractivity contribution in [3.8, 4) is 0 Å². The van der Waals surface area contributed by atoms with E-state index < -0.39 is 17.7 Å². The van der Waals surface area contributed by atoms with E-state index in [2.05, 4.69) is 15.4 Å². The number of fused-ring (bicyclic) bond motifs is 1. The molecule has 0 saturated carbocycles. The van der Waals surface area contributed by atoms with Gasteiger partial charge in [0.05, 0.1) is 0 Å². The minimum atomic E-state index is -0.608. The highest BCUT2D eigenvalue weighted by atomic mass is 19.1. The molecule has 1 aromatic heterocycles. The van der Waals surface area contributed by atoms with Gasteiger partial charge in [-0.05, 0) is 24.6 Å². The summed E-state index contributed by atoms with van der Waals surface area (Å²) < 4.78 is 29.1. The Balaban J connectivity index is 1.83. The Morgan fingerprint density at radius 1 is 1.08 bits per heavy atom. The highest BCUT2D eigenvalue weighted by Gasteiger charge is 2.25. The second-order valence-electron chi connectivity index (χ2n) is 5.71. The van der Waals surface area contributed by atoms with E-state index >= 15 is 0 Å². The molecule has 0 spiro atoms. The zero-order chi connectivity index (χ0) is 16.7. The molecule has 1 N–H and O–H groups in total. The normalized spacial score (nSPS) is 16.3. The molecule has 2 aromatic carbocycles. The van der Waals surface area contributed by atoms with Crippen LogP contribution in [0.5, 0.6) is 0 Å². The first-order chi connectivity index (χ1) is 11.6. The van der Waals surface area contributed by atoms with Crippen LogP contribution in [-0.2, 0) is 0 Å². The molecule has 4 rings (SSSR count). The van der Waals surface area contributed by atoms with Gasteiger partial charge in [0, 0.05) is 17.3 Å². The van der Waals surface area contributed by atoms with E-state index in [9.17, 15) is 8.78 Å². The number of nitrogens with zero attached hydrogens (tertiary/aromatic N) is 3. The lowest BCUT2D eigenvalue weighted by atomic mass is 10.0. The summed E-state index contributed by atoms with van der Waals surface area (Å²) >= 11 is 0. The van der Waals surface area contributed by atoms with Gasteiger partial charge in [-0.25, -0.2) is 13.5 Å². The molecular formula is C18H14F2N4. The zero-order valence-corrected chi connectivity index (χ0v) is 12.9. The average Bonchev–Trinajstić information content (AvgIpc) is 3.03. The number of benzene rings is 2. The van der Waals surface area contributed by atoms with Crippen molar-refractivity contribution in [3.05, 3.63) is 83.2 Å². The lowest BCUT2D eigenvalue weighted by molar-refractivity contribution is 0.536. The van der Waals surface area contributed by atoms with Crippen LogP contribution in [0.2, 0.25) is 0 Å². The molecule has 0 fully saturated rings. The number of nitrogens with one attached hydrogen (secondary N) is 1. The van der Waals surface area contributed by atoms with Crippen LogP contribution in [0.25, 0.3) is 5.70 Å². The second kappa shape index (κ2) is 5.56. The minimum Gasteiger partial charge on any atom is -0.324 e. The maximum atomic E-state index is 14.3. The van der Waals surface area contributed by atoms with Crippen LogP contribution in [0.4, 0.5) is 14.7 Å². The van der Waals surface area contributed by atoms with Crippen LogP contribution in [0.15, 0.2) is 54.9 Å². The molecule has 0 saturated heterocycles. The van der Waals surface area contributed by atoms with Gasteiger partial charge >= 0.3 is 0 Å². The van der Waals surface area contributed by atoms with Gasteiger partial charge in [0.2, 0.25) is 5.95 Å². The van der Waals surface area contributed by atoms with Crippen molar-refractivity contribution in [2.75, 3.05) is 5.32 Å². The zero-order valence-electron chi connectivity index (χ0n) is 12.9. The van der Waals surface area contributed by atoms with Crippen molar-refractivity contribution in [3.63, 3.8) is 0 Å². The van der Waals surface area contributed by atoms with E-state index in [0.717, 1.165) is 22.9 Å². The van der Waals surface area contributed by atoms with Crippen molar-refractivity contribution < 1.29 is 8.78 Å². The van der Waals surface area contributed by atoms with E-state index in [4.69, 9.17) is 0 Å². The Kier molecular flexibility index (Phi) is 3.37. The molecule has 0 radical (unpaired) electrons. The maximum absolute atomic E-state index is 14.3. The number of anilines is 1. The quantitative estimate of drug-likeness (QED) is 0.777. The van der Waals surface area contributed by atoms with Crippen LogP contribution in [0.3, 0.4) is 0 Å². The van der Waals surface area contributed by atoms with E-state index in [-0.39, 0.29) is 0 Å². The summed E-state index contributed by atoms with van der Waals surface area (Å²) in [5.41, 5.74) is 3.26. The van der Waals surface area contributed by atoms with Crippen LogP contribution in [-0.4, -0.2) is 14.8 Å². The van der Waals surface area contributed by atoms with Gasteiger partial charge in [0.1, 0.15) is 24.0 Å². The van der Waals surface area contributed by atoms with Crippen molar-refractivity contribution in [1.82, 2.24) is 14.8 Å². The fourth-order valence-electron chi connectivity index (χ4n) is 2.80. The summed E-state index contributed by atoms with van der Waals surface area (Å²) in [6.45, 7) is 2.01. The first-order valence-corrected chi connectivity index (χ1v) is 7.52. The first kappa shape index (κ1) is 14.6. The summed E-state index contributed by atoms with van der Waals surface area (Å²) in [5, 5.41) is 7.36. The SMILES string of the molecule is Cc1ccc(C2=CC(c3ccc(F)cc3F)n3ncnc3N2)cc1. The van der Waals surface area contributed by atoms with Crippen molar-refractivity contribution >= 4 is 11.6 Å². The van der Waals surface area contributed by atoms with Crippen LogP contribution < -0.4 is 5.32 Å². The van der Waals surface area contributed by atoms with E-state index in [1.165, 1.54) is 18.5 Å². The van der Waals surface area contributed by atoms with Gasteiger partial charge < -0.3 is 5.32 Å². The van der Waals surface area contributed by atoms with Gasteiger partial charge in [-0.1, -0.05) is 35.9 Å². The lowest BCUT2D eigenvalue weighted by Gasteiger charge is -2.24. The maximum Gasteiger partial charge on any atom is 0.226 e. The third-order valence-electron chi connectivity index (χ3n) is 4.05. The number of rotatable bonds is 2. The fraction of sp³-hybridized carbons (Fsp3) is 0.111. The molecule has 1 atom stereocenters. The number of aromatic nitrogens is 3. The molecule has 0 amide bonds. The van der Waals surface area contributed by atoms with Gasteiger partial charge in [-0.3, -0.25) is 0 Å². The molecular weight excluding hydrogens is 310 g/mol. The van der Waals surface area contributed by atoms with E-state index in [1.807, 2.05) is 37.3 Å². The van der Waals surface area contributed by atoms with Crippen LogP contribution >= 0.6 is 0 Å². The van der Waals surface area contributed by atoms with E-state index in [0.29, 0.717) is 11.5 Å². The van der Waals surface area contributed by atoms with E-state index in [1.54, 1.807) is 4.68 Å². The summed E-state index contributed by atoms with van der Waals surface area (Å²) in [6, 6.07) is 11.0. The summed E-state index contributed by atoms with van der Waals surface area (Å²) in [5.74, 6) is -0.698. The number of halogens is 2. The van der Waals surface area contributed by atoms with Crippen molar-refractivity contribution in [2.45, 2.75) is 13.0 Å². The minimum absolute atomic E-state index is 0.342. The van der Waals surface area contributed by atoms with Gasteiger partial charge in [0.25, 0.3) is 0 Å². The average molecular weight is 324 g/mol. The predicted octanol–water partition coefficient (Wildman–Crippen LogP) is 3.92. The Hall–Kier alpha value is -3.02. The molecule has 3 aromatic rings. The molecule has 120 valence electrons. The molecule has 1 unspecified atom stereocenters. The third kappa shape index (κ3) is 2.46. The number of hydrogen-bond donors (Lipinski definition) is 1. The Morgan fingerprint density at radius 3 is 2.62 bits per heavy atom. The van der Waals surface area contributed by atoms with Crippen molar-refractivity contribution in [2.24, 2.45) is 0 Å².